The van der Waals surface area contributed by atoms with Gasteiger partial charge in [0, 0.05) is 6.04 Å². The summed E-state index contributed by atoms with van der Waals surface area (Å²) in [5.74, 6) is -0.357. The van der Waals surface area contributed by atoms with Gasteiger partial charge in [0.2, 0.25) is 0 Å². The fourth-order valence-electron chi connectivity index (χ4n) is 2.75. The molecule has 0 aromatic heterocycles. The molecule has 0 spiro atoms. The van der Waals surface area contributed by atoms with E-state index in [2.05, 4.69) is 31.3 Å². The predicted octanol–water partition coefficient (Wildman–Crippen LogP) is 4.49. The van der Waals surface area contributed by atoms with Gasteiger partial charge in [-0.15, -0.1) is 0 Å². The Hall–Kier alpha value is -2.62. The molecule has 0 bridgehead atoms. The minimum absolute atomic E-state index is 0.00387. The summed E-state index contributed by atoms with van der Waals surface area (Å²) in [5, 5.41) is 2.91. The number of nitrogens with one attached hydrogen (secondary N) is 1. The van der Waals surface area contributed by atoms with E-state index in [0.717, 1.165) is 18.4 Å². The van der Waals surface area contributed by atoms with E-state index in [1.807, 2.05) is 37.3 Å². The third kappa shape index (κ3) is 6.55. The van der Waals surface area contributed by atoms with Gasteiger partial charge in [-0.2, -0.15) is 0 Å². The third-order valence-electron chi connectivity index (χ3n) is 4.56. The van der Waals surface area contributed by atoms with Crippen LogP contribution in [-0.2, 0) is 16.0 Å². The maximum Gasteiger partial charge on any atom is 0.338 e. The van der Waals surface area contributed by atoms with E-state index >= 15 is 0 Å². The number of esters is 1. The Kier molecular flexibility index (Phi) is 7.59. The van der Waals surface area contributed by atoms with Crippen LogP contribution < -0.4 is 5.32 Å². The van der Waals surface area contributed by atoms with Gasteiger partial charge in [-0.05, 0) is 55.9 Å². The van der Waals surface area contributed by atoms with Gasteiger partial charge in [0.25, 0.3) is 5.91 Å². The van der Waals surface area contributed by atoms with Crippen LogP contribution in [0, 0.1) is 0 Å². The predicted molar refractivity (Wildman–Crippen MR) is 108 cm³/mol. The van der Waals surface area contributed by atoms with Crippen LogP contribution in [0.3, 0.4) is 0 Å². The zero-order valence-corrected chi connectivity index (χ0v) is 16.6. The van der Waals surface area contributed by atoms with Crippen LogP contribution in [0.5, 0.6) is 0 Å². The molecular formula is C23H29NO3. The van der Waals surface area contributed by atoms with Crippen LogP contribution in [0.15, 0.2) is 54.6 Å². The maximum atomic E-state index is 12.3. The van der Waals surface area contributed by atoms with Crippen molar-refractivity contribution in [3.63, 3.8) is 0 Å². The SMILES string of the molecule is CC(C)c1ccc(C(=O)O[C@H](C)C(=O)N[C@H](C)CCc2ccccc2)cc1. The fraction of sp³-hybridized carbons (Fsp3) is 0.391. The van der Waals surface area contributed by atoms with Gasteiger partial charge >= 0.3 is 5.97 Å². The van der Waals surface area contributed by atoms with E-state index in [1.165, 1.54) is 5.56 Å². The summed E-state index contributed by atoms with van der Waals surface area (Å²) in [6, 6.07) is 17.5. The third-order valence-corrected chi connectivity index (χ3v) is 4.56. The molecule has 0 saturated heterocycles. The Balaban J connectivity index is 1.80. The molecular weight excluding hydrogens is 338 g/mol. The Morgan fingerprint density at radius 1 is 0.926 bits per heavy atom. The molecule has 0 aliphatic carbocycles. The first kappa shape index (κ1) is 20.7. The fourth-order valence-corrected chi connectivity index (χ4v) is 2.75. The van der Waals surface area contributed by atoms with Crippen LogP contribution >= 0.6 is 0 Å². The van der Waals surface area contributed by atoms with E-state index in [-0.39, 0.29) is 11.9 Å². The number of aryl methyl sites for hydroxylation is 1. The highest BCUT2D eigenvalue weighted by Crippen LogP contribution is 2.15. The second kappa shape index (κ2) is 9.91. The molecule has 1 N–H and O–H groups in total. The average molecular weight is 367 g/mol. The summed E-state index contributed by atoms with van der Waals surface area (Å²) in [7, 11) is 0. The van der Waals surface area contributed by atoms with E-state index in [0.29, 0.717) is 11.5 Å². The normalized spacial score (nSPS) is 13.1. The zero-order valence-electron chi connectivity index (χ0n) is 16.6. The minimum atomic E-state index is -0.832. The second-order valence-corrected chi connectivity index (χ2v) is 7.26. The summed E-state index contributed by atoms with van der Waals surface area (Å²) in [6.07, 6.45) is 0.882. The van der Waals surface area contributed by atoms with Gasteiger partial charge in [0.15, 0.2) is 6.10 Å². The number of ether oxygens (including phenoxy) is 1. The second-order valence-electron chi connectivity index (χ2n) is 7.26. The summed E-state index contributed by atoms with van der Waals surface area (Å²) in [5.41, 5.74) is 2.85. The van der Waals surface area contributed by atoms with Gasteiger partial charge in [0.1, 0.15) is 0 Å². The van der Waals surface area contributed by atoms with E-state index in [9.17, 15) is 9.59 Å². The van der Waals surface area contributed by atoms with Crippen molar-refractivity contribution in [2.24, 2.45) is 0 Å². The lowest BCUT2D eigenvalue weighted by Crippen LogP contribution is -2.41. The van der Waals surface area contributed by atoms with Gasteiger partial charge < -0.3 is 10.1 Å². The van der Waals surface area contributed by atoms with Crippen LogP contribution in [0.4, 0.5) is 0 Å². The summed E-state index contributed by atoms with van der Waals surface area (Å²) >= 11 is 0. The van der Waals surface area contributed by atoms with Crippen molar-refractivity contribution in [2.45, 2.75) is 58.6 Å². The maximum absolute atomic E-state index is 12.3. The summed E-state index contributed by atoms with van der Waals surface area (Å²) < 4.78 is 5.31. The van der Waals surface area contributed by atoms with Gasteiger partial charge in [-0.25, -0.2) is 4.79 Å². The Labute approximate surface area is 161 Å². The molecule has 4 nitrogen and oxygen atoms in total. The van der Waals surface area contributed by atoms with Gasteiger partial charge in [-0.3, -0.25) is 4.79 Å². The standard InChI is InChI=1S/C23H29NO3/c1-16(2)20-12-14-21(15-13-20)23(26)27-18(4)22(25)24-17(3)10-11-19-8-6-5-7-9-19/h5-9,12-18H,10-11H2,1-4H3,(H,24,25)/t17-,18-/m1/s1. The lowest BCUT2D eigenvalue weighted by molar-refractivity contribution is -0.129. The molecule has 0 aliphatic rings. The van der Waals surface area contributed by atoms with Crippen molar-refractivity contribution in [3.05, 3.63) is 71.3 Å². The number of carbonyl (C=O) groups is 2. The molecule has 0 fully saturated rings. The van der Waals surface area contributed by atoms with Gasteiger partial charge in [0.05, 0.1) is 5.56 Å². The highest BCUT2D eigenvalue weighted by Gasteiger charge is 2.20. The molecule has 4 heteroatoms. The van der Waals surface area contributed by atoms with Crippen molar-refractivity contribution in [3.8, 4) is 0 Å². The molecule has 1 amide bonds. The first-order valence-electron chi connectivity index (χ1n) is 9.52. The quantitative estimate of drug-likeness (QED) is 0.699. The number of carbonyl (C=O) groups excluding carboxylic acids is 2. The Bertz CT molecular complexity index is 738. The van der Waals surface area contributed by atoms with Crippen LogP contribution in [0.2, 0.25) is 0 Å². The average Bonchev–Trinajstić information content (AvgIpc) is 2.67. The van der Waals surface area contributed by atoms with Crippen molar-refractivity contribution in [2.75, 3.05) is 0 Å². The lowest BCUT2D eigenvalue weighted by atomic mass is 10.0. The smallest absolute Gasteiger partial charge is 0.338 e. The van der Waals surface area contributed by atoms with Crippen LogP contribution in [-0.4, -0.2) is 24.0 Å². The number of amides is 1. The molecule has 2 atom stereocenters. The topological polar surface area (TPSA) is 55.4 Å². The Morgan fingerprint density at radius 3 is 2.15 bits per heavy atom. The minimum Gasteiger partial charge on any atom is -0.449 e. The first-order valence-corrected chi connectivity index (χ1v) is 9.52. The van der Waals surface area contributed by atoms with Crippen LogP contribution in [0.25, 0.3) is 0 Å². The molecule has 0 saturated carbocycles. The summed E-state index contributed by atoms with van der Waals surface area (Å²) in [4.78, 5) is 24.5. The first-order chi connectivity index (χ1) is 12.9. The molecule has 0 aliphatic heterocycles. The lowest BCUT2D eigenvalue weighted by Gasteiger charge is -2.18. The highest BCUT2D eigenvalue weighted by molar-refractivity contribution is 5.92. The molecule has 27 heavy (non-hydrogen) atoms. The van der Waals surface area contributed by atoms with E-state index in [4.69, 9.17) is 4.74 Å². The van der Waals surface area contributed by atoms with E-state index in [1.54, 1.807) is 19.1 Å². The molecule has 2 aromatic carbocycles. The van der Waals surface area contributed by atoms with Crippen LogP contribution in [0.1, 0.15) is 61.5 Å². The molecule has 2 aromatic rings. The van der Waals surface area contributed by atoms with Crippen molar-refractivity contribution in [1.82, 2.24) is 5.32 Å². The highest BCUT2D eigenvalue weighted by atomic mass is 16.5. The number of rotatable bonds is 8. The monoisotopic (exact) mass is 367 g/mol. The Morgan fingerprint density at radius 2 is 1.56 bits per heavy atom. The van der Waals surface area contributed by atoms with E-state index < -0.39 is 12.1 Å². The number of hydrogen-bond acceptors (Lipinski definition) is 3. The largest absolute Gasteiger partial charge is 0.449 e. The molecule has 0 radical (unpaired) electrons. The number of hydrogen-bond donors (Lipinski definition) is 1. The summed E-state index contributed by atoms with van der Waals surface area (Å²) in [6.45, 7) is 7.75. The van der Waals surface area contributed by atoms with Gasteiger partial charge in [-0.1, -0.05) is 56.3 Å². The molecule has 0 unspecified atom stereocenters. The molecule has 2 rings (SSSR count). The van der Waals surface area contributed by atoms with Crippen molar-refractivity contribution < 1.29 is 14.3 Å². The number of benzene rings is 2. The molecule has 144 valence electrons. The molecule has 0 heterocycles. The zero-order chi connectivity index (χ0) is 19.8. The van der Waals surface area contributed by atoms with Crippen molar-refractivity contribution in [1.29, 1.82) is 0 Å². The van der Waals surface area contributed by atoms with Crippen molar-refractivity contribution >= 4 is 11.9 Å².